The summed E-state index contributed by atoms with van der Waals surface area (Å²) in [5.74, 6) is 0.0570. The van der Waals surface area contributed by atoms with Crippen LogP contribution in [0.2, 0.25) is 0 Å². The number of anilines is 1. The predicted molar refractivity (Wildman–Crippen MR) is 83.3 cm³/mol. The number of amides is 2. The highest BCUT2D eigenvalue weighted by Gasteiger charge is 2.15. The third-order valence-corrected chi connectivity index (χ3v) is 2.83. The number of benzene rings is 1. The lowest BCUT2D eigenvalue weighted by molar-refractivity contribution is -0.126. The highest BCUT2D eigenvalue weighted by molar-refractivity contribution is 5.98. The lowest BCUT2D eigenvalue weighted by atomic mass is 10.1. The van der Waals surface area contributed by atoms with E-state index in [1.54, 1.807) is 45.3 Å². The van der Waals surface area contributed by atoms with Gasteiger partial charge in [-0.25, -0.2) is 0 Å². The monoisotopic (exact) mass is 292 g/mol. The molecule has 21 heavy (non-hydrogen) atoms. The molecule has 1 N–H and O–H groups in total. The third kappa shape index (κ3) is 5.55. The lowest BCUT2D eigenvalue weighted by Crippen LogP contribution is -2.29. The molecule has 0 radical (unpaired) electrons. The SMILES string of the molecule is CC(C)CO[C@@H](C)C(=O)Nc1cccc(C(=O)N(C)C)c1. The summed E-state index contributed by atoms with van der Waals surface area (Å²) in [7, 11) is 3.38. The molecule has 2 amide bonds. The fourth-order valence-corrected chi connectivity index (χ4v) is 1.64. The van der Waals surface area contributed by atoms with Crippen LogP contribution < -0.4 is 5.32 Å². The standard InChI is InChI=1S/C16H24N2O3/c1-11(2)10-21-12(3)15(19)17-14-8-6-7-13(9-14)16(20)18(4)5/h6-9,11-12H,10H2,1-5H3,(H,17,19)/t12-/m0/s1. The van der Waals surface area contributed by atoms with Gasteiger partial charge in [0.25, 0.3) is 11.8 Å². The molecule has 1 atom stereocenters. The fourth-order valence-electron chi connectivity index (χ4n) is 1.64. The molecule has 1 rings (SSSR count). The molecule has 0 spiro atoms. The predicted octanol–water partition coefficient (Wildman–Crippen LogP) is 2.39. The van der Waals surface area contributed by atoms with Crippen molar-refractivity contribution in [2.45, 2.75) is 26.9 Å². The minimum Gasteiger partial charge on any atom is -0.368 e. The zero-order valence-electron chi connectivity index (χ0n) is 13.3. The minimum absolute atomic E-state index is 0.102. The van der Waals surface area contributed by atoms with Crippen LogP contribution in [0.5, 0.6) is 0 Å². The molecule has 0 unspecified atom stereocenters. The second-order valence-corrected chi connectivity index (χ2v) is 5.64. The molecule has 0 saturated carbocycles. The second-order valence-electron chi connectivity index (χ2n) is 5.64. The van der Waals surface area contributed by atoms with E-state index in [9.17, 15) is 9.59 Å². The number of hydrogen-bond acceptors (Lipinski definition) is 3. The maximum Gasteiger partial charge on any atom is 0.253 e. The van der Waals surface area contributed by atoms with Crippen molar-refractivity contribution in [3.63, 3.8) is 0 Å². The number of ether oxygens (including phenoxy) is 1. The lowest BCUT2D eigenvalue weighted by Gasteiger charge is -2.15. The van der Waals surface area contributed by atoms with E-state index in [1.807, 2.05) is 13.8 Å². The summed E-state index contributed by atoms with van der Waals surface area (Å²) in [4.78, 5) is 25.4. The zero-order valence-corrected chi connectivity index (χ0v) is 13.3. The first-order valence-corrected chi connectivity index (χ1v) is 7.05. The number of nitrogens with zero attached hydrogens (tertiary/aromatic N) is 1. The van der Waals surface area contributed by atoms with Crippen molar-refractivity contribution in [3.05, 3.63) is 29.8 Å². The minimum atomic E-state index is -0.527. The highest BCUT2D eigenvalue weighted by atomic mass is 16.5. The summed E-state index contributed by atoms with van der Waals surface area (Å²) in [5, 5.41) is 2.76. The van der Waals surface area contributed by atoms with Crippen LogP contribution in [0.15, 0.2) is 24.3 Å². The van der Waals surface area contributed by atoms with Crippen LogP contribution in [0.25, 0.3) is 0 Å². The van der Waals surface area contributed by atoms with Crippen LogP contribution >= 0.6 is 0 Å². The van der Waals surface area contributed by atoms with E-state index in [0.717, 1.165) is 0 Å². The maximum atomic E-state index is 12.0. The molecule has 0 aromatic heterocycles. The number of nitrogens with one attached hydrogen (secondary N) is 1. The Morgan fingerprint density at radius 1 is 1.24 bits per heavy atom. The van der Waals surface area contributed by atoms with E-state index in [4.69, 9.17) is 4.74 Å². The molecule has 0 heterocycles. The Morgan fingerprint density at radius 3 is 2.48 bits per heavy atom. The molecule has 0 bridgehead atoms. The fraction of sp³-hybridized carbons (Fsp3) is 0.500. The summed E-state index contributed by atoms with van der Waals surface area (Å²) in [6.07, 6.45) is -0.527. The number of carbonyl (C=O) groups is 2. The molecule has 5 nitrogen and oxygen atoms in total. The normalized spacial score (nSPS) is 12.1. The van der Waals surface area contributed by atoms with Crippen molar-refractivity contribution in [1.29, 1.82) is 0 Å². The second kappa shape index (κ2) is 7.78. The maximum absolute atomic E-state index is 12.0. The molecule has 1 aromatic carbocycles. The summed E-state index contributed by atoms with van der Waals surface area (Å²) in [5.41, 5.74) is 1.13. The van der Waals surface area contributed by atoms with E-state index in [1.165, 1.54) is 4.90 Å². The summed E-state index contributed by atoms with van der Waals surface area (Å²) >= 11 is 0. The van der Waals surface area contributed by atoms with Crippen molar-refractivity contribution in [2.75, 3.05) is 26.0 Å². The van der Waals surface area contributed by atoms with Gasteiger partial charge in [-0.05, 0) is 31.0 Å². The first kappa shape index (κ1) is 17.2. The number of rotatable bonds is 6. The van der Waals surface area contributed by atoms with E-state index in [0.29, 0.717) is 23.8 Å². The van der Waals surface area contributed by atoms with Gasteiger partial charge >= 0.3 is 0 Å². The van der Waals surface area contributed by atoms with Gasteiger partial charge in [-0.3, -0.25) is 9.59 Å². The van der Waals surface area contributed by atoms with Gasteiger partial charge in [0.2, 0.25) is 0 Å². The van der Waals surface area contributed by atoms with Crippen molar-refractivity contribution in [3.8, 4) is 0 Å². The summed E-state index contributed by atoms with van der Waals surface area (Å²) in [6, 6.07) is 6.87. The Balaban J connectivity index is 2.68. The molecular weight excluding hydrogens is 268 g/mol. The van der Waals surface area contributed by atoms with Crippen LogP contribution in [-0.4, -0.2) is 43.5 Å². The Morgan fingerprint density at radius 2 is 1.90 bits per heavy atom. The van der Waals surface area contributed by atoms with Gasteiger partial charge < -0.3 is 15.0 Å². The molecule has 5 heteroatoms. The largest absolute Gasteiger partial charge is 0.368 e. The topological polar surface area (TPSA) is 58.6 Å². The number of hydrogen-bond donors (Lipinski definition) is 1. The first-order valence-electron chi connectivity index (χ1n) is 7.05. The quantitative estimate of drug-likeness (QED) is 0.876. The molecule has 1 aromatic rings. The van der Waals surface area contributed by atoms with Crippen molar-refractivity contribution >= 4 is 17.5 Å². The number of carbonyl (C=O) groups excluding carboxylic acids is 2. The highest BCUT2D eigenvalue weighted by Crippen LogP contribution is 2.13. The molecule has 0 aliphatic heterocycles. The smallest absolute Gasteiger partial charge is 0.253 e. The Bertz CT molecular complexity index is 498. The van der Waals surface area contributed by atoms with Gasteiger partial charge in [0.15, 0.2) is 0 Å². The van der Waals surface area contributed by atoms with Crippen LogP contribution in [0.3, 0.4) is 0 Å². The molecular formula is C16H24N2O3. The molecule has 0 fully saturated rings. The van der Waals surface area contributed by atoms with Crippen LogP contribution in [0.4, 0.5) is 5.69 Å². The average Bonchev–Trinajstić information content (AvgIpc) is 2.43. The molecule has 116 valence electrons. The zero-order chi connectivity index (χ0) is 16.0. The van der Waals surface area contributed by atoms with Gasteiger partial charge in [0.1, 0.15) is 6.10 Å². The molecule has 0 aliphatic carbocycles. The Labute approximate surface area is 126 Å². The van der Waals surface area contributed by atoms with Crippen molar-refractivity contribution in [1.82, 2.24) is 4.90 Å². The Hall–Kier alpha value is -1.88. The summed E-state index contributed by atoms with van der Waals surface area (Å²) < 4.78 is 5.47. The van der Waals surface area contributed by atoms with Crippen LogP contribution in [0, 0.1) is 5.92 Å². The van der Waals surface area contributed by atoms with Crippen molar-refractivity contribution in [2.24, 2.45) is 5.92 Å². The first-order chi connectivity index (χ1) is 9.81. The van der Waals surface area contributed by atoms with E-state index < -0.39 is 6.10 Å². The van der Waals surface area contributed by atoms with Gasteiger partial charge in [0.05, 0.1) is 0 Å². The average molecular weight is 292 g/mol. The molecule has 0 saturated heterocycles. The summed E-state index contributed by atoms with van der Waals surface area (Å²) in [6.45, 7) is 6.31. The third-order valence-electron chi connectivity index (χ3n) is 2.83. The Kier molecular flexibility index (Phi) is 6.37. The van der Waals surface area contributed by atoms with Gasteiger partial charge in [-0.15, -0.1) is 0 Å². The van der Waals surface area contributed by atoms with Crippen LogP contribution in [-0.2, 0) is 9.53 Å². The van der Waals surface area contributed by atoms with E-state index in [-0.39, 0.29) is 11.8 Å². The molecule has 0 aliphatic rings. The van der Waals surface area contributed by atoms with Crippen molar-refractivity contribution < 1.29 is 14.3 Å². The van der Waals surface area contributed by atoms with E-state index >= 15 is 0 Å². The van der Waals surface area contributed by atoms with Gasteiger partial charge in [-0.1, -0.05) is 19.9 Å². The van der Waals surface area contributed by atoms with Gasteiger partial charge in [-0.2, -0.15) is 0 Å². The van der Waals surface area contributed by atoms with Gasteiger partial charge in [0, 0.05) is 32.0 Å². The van der Waals surface area contributed by atoms with E-state index in [2.05, 4.69) is 5.32 Å². The van der Waals surface area contributed by atoms with Crippen LogP contribution in [0.1, 0.15) is 31.1 Å².